The quantitative estimate of drug-likeness (QED) is 0.512. The van der Waals surface area contributed by atoms with Crippen molar-refractivity contribution in [2.24, 2.45) is 0 Å². The van der Waals surface area contributed by atoms with Gasteiger partial charge in [-0.3, -0.25) is 4.79 Å². The zero-order chi connectivity index (χ0) is 22.0. The third-order valence-corrected chi connectivity index (χ3v) is 4.42. The van der Waals surface area contributed by atoms with E-state index in [1.54, 1.807) is 12.1 Å². The van der Waals surface area contributed by atoms with Crippen LogP contribution in [0.2, 0.25) is 0 Å². The Morgan fingerprint density at radius 3 is 2.71 bits per heavy atom. The summed E-state index contributed by atoms with van der Waals surface area (Å²) in [6.45, 7) is 1.56. The molecule has 2 aromatic heterocycles. The highest BCUT2D eigenvalue weighted by Crippen LogP contribution is 2.25. The van der Waals surface area contributed by atoms with Crippen LogP contribution in [0.3, 0.4) is 0 Å². The number of anilines is 1. The molecule has 0 saturated carbocycles. The van der Waals surface area contributed by atoms with Crippen molar-refractivity contribution in [2.45, 2.75) is 13.5 Å². The Labute approximate surface area is 175 Å². The molecule has 0 fully saturated rings. The Morgan fingerprint density at radius 2 is 1.97 bits per heavy atom. The number of fused-ring (bicyclic) bond motifs is 1. The van der Waals surface area contributed by atoms with Gasteiger partial charge < -0.3 is 14.8 Å². The van der Waals surface area contributed by atoms with Crippen molar-refractivity contribution in [3.8, 4) is 17.4 Å². The van der Waals surface area contributed by atoms with Gasteiger partial charge in [0.2, 0.25) is 11.6 Å². The van der Waals surface area contributed by atoms with Crippen LogP contribution in [-0.4, -0.2) is 32.2 Å². The number of amides is 1. The van der Waals surface area contributed by atoms with Gasteiger partial charge in [0.15, 0.2) is 0 Å². The molecule has 158 valence electrons. The number of aromatic nitrogens is 4. The van der Waals surface area contributed by atoms with Gasteiger partial charge in [0.1, 0.15) is 23.9 Å². The second-order valence-electron chi connectivity index (χ2n) is 6.67. The van der Waals surface area contributed by atoms with Crippen LogP contribution in [0.5, 0.6) is 17.4 Å². The third-order valence-electron chi connectivity index (χ3n) is 4.42. The minimum Gasteiger partial charge on any atom is -0.495 e. The average Bonchev–Trinajstić information content (AvgIpc) is 3.06. The fourth-order valence-electron chi connectivity index (χ4n) is 2.96. The number of methoxy groups -OCH3 is 1. The van der Waals surface area contributed by atoms with Crippen LogP contribution < -0.4 is 20.5 Å². The van der Waals surface area contributed by atoms with Crippen LogP contribution in [0.25, 0.3) is 5.65 Å². The Bertz CT molecular complexity index is 1310. The van der Waals surface area contributed by atoms with Crippen molar-refractivity contribution >= 4 is 17.2 Å². The summed E-state index contributed by atoms with van der Waals surface area (Å²) < 4.78 is 26.2. The van der Waals surface area contributed by atoms with E-state index >= 15 is 0 Å². The molecule has 0 unspecified atom stereocenters. The molecule has 1 amide bonds. The third kappa shape index (κ3) is 4.22. The highest BCUT2D eigenvalue weighted by molar-refractivity contribution is 5.92. The van der Waals surface area contributed by atoms with E-state index in [-0.39, 0.29) is 18.1 Å². The second-order valence-corrected chi connectivity index (χ2v) is 6.67. The van der Waals surface area contributed by atoms with Crippen molar-refractivity contribution in [1.29, 1.82) is 0 Å². The summed E-state index contributed by atoms with van der Waals surface area (Å²) in [5.74, 6) is 0.0122. The van der Waals surface area contributed by atoms with Gasteiger partial charge in [0.05, 0.1) is 12.8 Å². The first kappa shape index (κ1) is 20.1. The monoisotopic (exact) mass is 423 g/mol. The standard InChI is InChI=1S/C21H18FN5O4/c1-13-3-8-17(30-2)16(11-13)24-18(28)12-27-21(29)26-10-9-23-20(19(26)25-27)31-15-6-4-14(22)5-7-15/h3-11H,12H2,1-2H3,(H,24,28). The molecule has 0 saturated heterocycles. The van der Waals surface area contributed by atoms with Gasteiger partial charge in [-0.15, -0.1) is 5.10 Å². The number of aryl methyl sites for hydroxylation is 1. The molecule has 4 rings (SSSR count). The predicted octanol–water partition coefficient (Wildman–Crippen LogP) is 2.78. The topological polar surface area (TPSA) is 99.8 Å². The number of nitrogens with zero attached hydrogens (tertiary/aromatic N) is 4. The number of carbonyl (C=O) groups is 1. The first-order valence-electron chi connectivity index (χ1n) is 9.26. The van der Waals surface area contributed by atoms with Gasteiger partial charge >= 0.3 is 5.69 Å². The SMILES string of the molecule is COc1ccc(C)cc1NC(=O)Cn1nc2c(Oc3ccc(F)cc3)nccn2c1=O. The lowest BCUT2D eigenvalue weighted by molar-refractivity contribution is -0.117. The van der Waals surface area contributed by atoms with E-state index in [1.807, 2.05) is 13.0 Å². The number of halogens is 1. The lowest BCUT2D eigenvalue weighted by Crippen LogP contribution is -2.28. The maximum atomic E-state index is 13.1. The summed E-state index contributed by atoms with van der Waals surface area (Å²) in [5, 5.41) is 6.91. The molecule has 0 radical (unpaired) electrons. The van der Waals surface area contributed by atoms with Gasteiger partial charge in [-0.2, -0.15) is 0 Å². The maximum absolute atomic E-state index is 13.1. The lowest BCUT2D eigenvalue weighted by Gasteiger charge is -2.10. The summed E-state index contributed by atoms with van der Waals surface area (Å²) in [7, 11) is 1.50. The van der Waals surface area contributed by atoms with E-state index in [0.29, 0.717) is 17.2 Å². The molecule has 2 aromatic carbocycles. The van der Waals surface area contributed by atoms with Gasteiger partial charge in [0.25, 0.3) is 5.88 Å². The van der Waals surface area contributed by atoms with Crippen LogP contribution in [0.1, 0.15) is 5.56 Å². The second kappa shape index (κ2) is 8.27. The van der Waals surface area contributed by atoms with E-state index in [0.717, 1.165) is 10.2 Å². The molecule has 2 heterocycles. The highest BCUT2D eigenvalue weighted by Gasteiger charge is 2.16. The number of benzene rings is 2. The van der Waals surface area contributed by atoms with Crippen LogP contribution in [0.4, 0.5) is 10.1 Å². The highest BCUT2D eigenvalue weighted by atomic mass is 19.1. The van der Waals surface area contributed by atoms with Crippen LogP contribution in [-0.2, 0) is 11.3 Å². The van der Waals surface area contributed by atoms with Crippen molar-refractivity contribution in [3.05, 3.63) is 76.7 Å². The summed E-state index contributed by atoms with van der Waals surface area (Å²) in [6.07, 6.45) is 2.79. The summed E-state index contributed by atoms with van der Waals surface area (Å²) >= 11 is 0. The minimum absolute atomic E-state index is 0.0470. The summed E-state index contributed by atoms with van der Waals surface area (Å²) in [6, 6.07) is 10.7. The van der Waals surface area contributed by atoms with E-state index in [9.17, 15) is 14.0 Å². The van der Waals surface area contributed by atoms with Crippen LogP contribution in [0, 0.1) is 12.7 Å². The molecule has 1 N–H and O–H groups in total. The van der Waals surface area contributed by atoms with Crippen molar-refractivity contribution in [3.63, 3.8) is 0 Å². The largest absolute Gasteiger partial charge is 0.495 e. The van der Waals surface area contributed by atoms with E-state index < -0.39 is 17.4 Å². The van der Waals surface area contributed by atoms with E-state index in [4.69, 9.17) is 9.47 Å². The Balaban J connectivity index is 1.59. The molecule has 10 heteroatoms. The Kier molecular flexibility index (Phi) is 5.35. The average molecular weight is 423 g/mol. The summed E-state index contributed by atoms with van der Waals surface area (Å²) in [5.41, 5.74) is 1.02. The van der Waals surface area contributed by atoms with Gasteiger partial charge in [-0.25, -0.2) is 23.3 Å². The molecule has 0 atom stereocenters. The van der Waals surface area contributed by atoms with Gasteiger partial charge in [-0.05, 0) is 48.9 Å². The molecule has 31 heavy (non-hydrogen) atoms. The molecular formula is C21H18FN5O4. The number of rotatable bonds is 6. The molecule has 0 aliphatic heterocycles. The maximum Gasteiger partial charge on any atom is 0.351 e. The Morgan fingerprint density at radius 1 is 1.19 bits per heavy atom. The zero-order valence-corrected chi connectivity index (χ0v) is 16.7. The van der Waals surface area contributed by atoms with Gasteiger partial charge in [-0.1, -0.05) is 6.07 Å². The molecule has 9 nitrogen and oxygen atoms in total. The van der Waals surface area contributed by atoms with Crippen molar-refractivity contribution < 1.29 is 18.7 Å². The fourth-order valence-corrected chi connectivity index (χ4v) is 2.96. The number of nitrogens with one attached hydrogen (secondary N) is 1. The Hall–Kier alpha value is -4.21. The number of hydrogen-bond donors (Lipinski definition) is 1. The van der Waals surface area contributed by atoms with Crippen molar-refractivity contribution in [1.82, 2.24) is 19.2 Å². The minimum atomic E-state index is -0.535. The van der Waals surface area contributed by atoms with Crippen molar-refractivity contribution in [2.75, 3.05) is 12.4 Å². The van der Waals surface area contributed by atoms with E-state index in [2.05, 4.69) is 15.4 Å². The van der Waals surface area contributed by atoms with E-state index in [1.165, 1.54) is 48.2 Å². The molecule has 0 aliphatic rings. The normalized spacial score (nSPS) is 10.8. The summed E-state index contributed by atoms with van der Waals surface area (Å²) in [4.78, 5) is 29.3. The number of hydrogen-bond acceptors (Lipinski definition) is 6. The molecule has 4 aromatic rings. The van der Waals surface area contributed by atoms with Crippen LogP contribution in [0.15, 0.2) is 59.7 Å². The first-order valence-corrected chi connectivity index (χ1v) is 9.26. The molecular weight excluding hydrogens is 405 g/mol. The lowest BCUT2D eigenvalue weighted by atomic mass is 10.2. The predicted molar refractivity (Wildman–Crippen MR) is 110 cm³/mol. The number of carbonyl (C=O) groups excluding carboxylic acids is 1. The molecule has 0 bridgehead atoms. The smallest absolute Gasteiger partial charge is 0.351 e. The number of ether oxygens (including phenoxy) is 2. The van der Waals surface area contributed by atoms with Gasteiger partial charge in [0, 0.05) is 12.4 Å². The first-order chi connectivity index (χ1) is 14.9. The zero-order valence-electron chi connectivity index (χ0n) is 16.7. The molecule has 0 spiro atoms. The molecule has 0 aliphatic carbocycles. The van der Waals surface area contributed by atoms with Crippen LogP contribution >= 0.6 is 0 Å². The fraction of sp³-hybridized carbons (Fsp3) is 0.143.